The maximum absolute atomic E-state index is 9.94. The molecule has 0 spiro atoms. The van der Waals surface area contributed by atoms with Crippen molar-refractivity contribution in [1.29, 1.82) is 0 Å². The Labute approximate surface area is 122 Å². The molecule has 20 heavy (non-hydrogen) atoms. The smallest absolute Gasteiger partial charge is 0.256 e. The Bertz CT molecular complexity index is 566. The minimum absolute atomic E-state index is 0.0923. The van der Waals surface area contributed by atoms with Gasteiger partial charge in [-0.25, -0.2) is 4.68 Å². The van der Waals surface area contributed by atoms with E-state index in [1.807, 2.05) is 11.8 Å². The zero-order valence-corrected chi connectivity index (χ0v) is 12.4. The molecular weight excluding hydrogens is 280 g/mol. The lowest BCUT2D eigenvalue weighted by Gasteiger charge is -2.28. The van der Waals surface area contributed by atoms with Crippen molar-refractivity contribution >= 4 is 17.5 Å². The van der Waals surface area contributed by atoms with Gasteiger partial charge in [0.1, 0.15) is 0 Å². The van der Waals surface area contributed by atoms with Gasteiger partial charge in [0.25, 0.3) is 5.95 Å². The predicted molar refractivity (Wildman–Crippen MR) is 76.1 cm³/mol. The van der Waals surface area contributed by atoms with E-state index >= 15 is 0 Å². The van der Waals surface area contributed by atoms with Crippen molar-refractivity contribution in [1.82, 2.24) is 24.7 Å². The Morgan fingerprint density at radius 3 is 2.65 bits per heavy atom. The fraction of sp³-hybridized carbons (Fsp3) is 0.500. The summed E-state index contributed by atoms with van der Waals surface area (Å²) in [5.74, 6) is 0.763. The Morgan fingerprint density at radius 1 is 1.35 bits per heavy atom. The van der Waals surface area contributed by atoms with Gasteiger partial charge in [0.15, 0.2) is 0 Å². The van der Waals surface area contributed by atoms with Crippen molar-refractivity contribution in [3.8, 4) is 5.95 Å². The van der Waals surface area contributed by atoms with Crippen molar-refractivity contribution in [2.24, 2.45) is 0 Å². The molecule has 7 nitrogen and oxygen atoms in total. The molecule has 0 fully saturated rings. The van der Waals surface area contributed by atoms with E-state index in [9.17, 15) is 5.11 Å². The molecule has 2 heterocycles. The van der Waals surface area contributed by atoms with Crippen LogP contribution >= 0.6 is 11.6 Å². The molecule has 0 unspecified atom stereocenters. The van der Waals surface area contributed by atoms with E-state index in [4.69, 9.17) is 11.6 Å². The first kappa shape index (κ1) is 14.7. The number of aliphatic hydroxyl groups is 1. The third-order valence-electron chi connectivity index (χ3n) is 2.54. The molecule has 8 heteroatoms. The maximum atomic E-state index is 9.94. The third-order valence-corrected chi connectivity index (χ3v) is 2.71. The van der Waals surface area contributed by atoms with E-state index in [0.717, 1.165) is 0 Å². The normalized spacial score (nSPS) is 11.7. The molecule has 2 aromatic rings. The lowest BCUT2D eigenvalue weighted by Crippen LogP contribution is -2.39. The van der Waals surface area contributed by atoms with Crippen LogP contribution in [0.3, 0.4) is 0 Å². The number of likely N-dealkylation sites (N-methyl/N-ethyl adjacent to an activating group) is 1. The Morgan fingerprint density at radius 2 is 2.10 bits per heavy atom. The van der Waals surface area contributed by atoms with Gasteiger partial charge in [-0.05, 0) is 38.4 Å². The molecule has 0 bridgehead atoms. The van der Waals surface area contributed by atoms with E-state index in [2.05, 4.69) is 20.1 Å². The average Bonchev–Trinajstić information content (AvgIpc) is 2.88. The second kappa shape index (κ2) is 5.72. The highest BCUT2D eigenvalue weighted by molar-refractivity contribution is 6.28. The van der Waals surface area contributed by atoms with Crippen LogP contribution in [0.2, 0.25) is 5.28 Å². The first-order chi connectivity index (χ1) is 9.39. The number of nitrogens with zero attached hydrogens (tertiary/aromatic N) is 6. The molecule has 0 aliphatic carbocycles. The molecule has 0 amide bonds. The first-order valence-electron chi connectivity index (χ1n) is 6.28. The standard InChI is InChI=1S/C12H17ClN6O/c1-4-18(8-12(2,3)20)10-15-9(13)16-11(17-10)19-7-5-6-14-19/h5-7,20H,4,8H2,1-3H3. The van der Waals surface area contributed by atoms with E-state index in [1.165, 1.54) is 4.68 Å². The molecule has 0 saturated carbocycles. The van der Waals surface area contributed by atoms with Crippen LogP contribution in [0.4, 0.5) is 5.95 Å². The number of hydrogen-bond acceptors (Lipinski definition) is 6. The lowest BCUT2D eigenvalue weighted by molar-refractivity contribution is 0.0872. The number of rotatable bonds is 5. The van der Waals surface area contributed by atoms with E-state index < -0.39 is 5.60 Å². The van der Waals surface area contributed by atoms with Crippen LogP contribution in [-0.4, -0.2) is 48.5 Å². The molecule has 0 aromatic carbocycles. The summed E-state index contributed by atoms with van der Waals surface area (Å²) in [7, 11) is 0. The summed E-state index contributed by atoms with van der Waals surface area (Å²) in [6, 6.07) is 1.77. The molecule has 0 atom stereocenters. The number of hydrogen-bond donors (Lipinski definition) is 1. The molecule has 0 aliphatic rings. The molecule has 0 aliphatic heterocycles. The highest BCUT2D eigenvalue weighted by Crippen LogP contribution is 2.15. The summed E-state index contributed by atoms with van der Waals surface area (Å²) in [4.78, 5) is 14.3. The number of anilines is 1. The maximum Gasteiger partial charge on any atom is 0.256 e. The third kappa shape index (κ3) is 3.64. The summed E-state index contributed by atoms with van der Waals surface area (Å²) < 4.78 is 1.51. The van der Waals surface area contributed by atoms with Crippen LogP contribution in [0.1, 0.15) is 20.8 Å². The monoisotopic (exact) mass is 296 g/mol. The highest BCUT2D eigenvalue weighted by Gasteiger charge is 2.20. The van der Waals surface area contributed by atoms with Crippen molar-refractivity contribution in [2.45, 2.75) is 26.4 Å². The van der Waals surface area contributed by atoms with Gasteiger partial charge >= 0.3 is 0 Å². The van der Waals surface area contributed by atoms with Crippen molar-refractivity contribution in [3.05, 3.63) is 23.7 Å². The average molecular weight is 297 g/mol. The quantitative estimate of drug-likeness (QED) is 0.896. The summed E-state index contributed by atoms with van der Waals surface area (Å²) in [6.07, 6.45) is 3.35. The molecule has 0 radical (unpaired) electrons. The van der Waals surface area contributed by atoms with Gasteiger partial charge in [-0.15, -0.1) is 0 Å². The van der Waals surface area contributed by atoms with Crippen LogP contribution in [0.15, 0.2) is 18.5 Å². The SMILES string of the molecule is CCN(CC(C)(C)O)c1nc(Cl)nc(-n2cccn2)n1. The largest absolute Gasteiger partial charge is 0.389 e. The van der Waals surface area contributed by atoms with Crippen molar-refractivity contribution in [3.63, 3.8) is 0 Å². The van der Waals surface area contributed by atoms with Gasteiger partial charge in [-0.1, -0.05) is 0 Å². The fourth-order valence-corrected chi connectivity index (χ4v) is 1.90. The van der Waals surface area contributed by atoms with Crippen LogP contribution in [0, 0.1) is 0 Å². The zero-order valence-electron chi connectivity index (χ0n) is 11.7. The lowest BCUT2D eigenvalue weighted by atomic mass is 10.1. The topological polar surface area (TPSA) is 80.0 Å². The van der Waals surface area contributed by atoms with E-state index in [0.29, 0.717) is 25.0 Å². The zero-order chi connectivity index (χ0) is 14.8. The minimum Gasteiger partial charge on any atom is -0.389 e. The van der Waals surface area contributed by atoms with Gasteiger partial charge in [0, 0.05) is 25.5 Å². The Hall–Kier alpha value is -1.73. The van der Waals surface area contributed by atoms with Gasteiger partial charge in [0.05, 0.1) is 5.60 Å². The van der Waals surface area contributed by atoms with Crippen LogP contribution in [0.25, 0.3) is 5.95 Å². The van der Waals surface area contributed by atoms with Gasteiger partial charge < -0.3 is 10.0 Å². The Balaban J connectivity index is 2.36. The predicted octanol–water partition coefficient (Wildman–Crippen LogP) is 1.31. The highest BCUT2D eigenvalue weighted by atomic mass is 35.5. The number of halogens is 1. The van der Waals surface area contributed by atoms with Crippen LogP contribution < -0.4 is 4.90 Å². The fourth-order valence-electron chi connectivity index (χ4n) is 1.75. The van der Waals surface area contributed by atoms with Gasteiger partial charge in [0.2, 0.25) is 11.2 Å². The first-order valence-corrected chi connectivity index (χ1v) is 6.66. The number of aromatic nitrogens is 5. The molecule has 2 rings (SSSR count). The summed E-state index contributed by atoms with van der Waals surface area (Å²) in [5.41, 5.74) is -0.860. The van der Waals surface area contributed by atoms with Gasteiger partial charge in [-0.3, -0.25) is 0 Å². The van der Waals surface area contributed by atoms with Crippen LogP contribution in [0.5, 0.6) is 0 Å². The second-order valence-corrected chi connectivity index (χ2v) is 5.32. The minimum atomic E-state index is -0.860. The van der Waals surface area contributed by atoms with Crippen molar-refractivity contribution < 1.29 is 5.11 Å². The van der Waals surface area contributed by atoms with E-state index in [1.54, 1.807) is 32.3 Å². The van der Waals surface area contributed by atoms with Gasteiger partial charge in [-0.2, -0.15) is 20.1 Å². The molecule has 0 saturated heterocycles. The van der Waals surface area contributed by atoms with Crippen LogP contribution in [-0.2, 0) is 0 Å². The second-order valence-electron chi connectivity index (χ2n) is 4.98. The Kier molecular flexibility index (Phi) is 4.20. The molecule has 2 aromatic heterocycles. The van der Waals surface area contributed by atoms with E-state index in [-0.39, 0.29) is 5.28 Å². The summed E-state index contributed by atoms with van der Waals surface area (Å²) in [6.45, 7) is 6.45. The summed E-state index contributed by atoms with van der Waals surface area (Å²) in [5, 5.41) is 14.1. The summed E-state index contributed by atoms with van der Waals surface area (Å²) >= 11 is 5.95. The molecule has 1 N–H and O–H groups in total. The molecular formula is C12H17ClN6O. The molecule has 108 valence electrons. The van der Waals surface area contributed by atoms with Crippen molar-refractivity contribution in [2.75, 3.05) is 18.0 Å².